The molecule has 2 aromatic rings. The Morgan fingerprint density at radius 2 is 2.11 bits per heavy atom. The van der Waals surface area contributed by atoms with Crippen molar-refractivity contribution < 1.29 is 4.79 Å². The Balaban J connectivity index is 1.93. The highest BCUT2D eigenvalue weighted by molar-refractivity contribution is 7.11. The number of hydrazine groups is 1. The number of aryl methyl sites for hydroxylation is 1. The lowest BCUT2D eigenvalue weighted by Gasteiger charge is -2.03. The third-order valence-electron chi connectivity index (χ3n) is 2.52. The van der Waals surface area contributed by atoms with E-state index in [2.05, 4.69) is 33.7 Å². The fourth-order valence-corrected chi connectivity index (χ4v) is 2.38. The molecular formula is C12H15N5OS. The van der Waals surface area contributed by atoms with Gasteiger partial charge in [-0.1, -0.05) is 6.92 Å². The van der Waals surface area contributed by atoms with Crippen LogP contribution in [-0.2, 0) is 13.0 Å². The van der Waals surface area contributed by atoms with Gasteiger partial charge in [0.25, 0.3) is 5.91 Å². The normalized spacial score (nSPS) is 10.2. The molecule has 0 spiro atoms. The molecule has 0 bridgehead atoms. The number of hydrogen-bond donors (Lipinski definition) is 3. The van der Waals surface area contributed by atoms with Gasteiger partial charge in [0.15, 0.2) is 5.82 Å². The van der Waals surface area contributed by atoms with Gasteiger partial charge in [0.2, 0.25) is 0 Å². The van der Waals surface area contributed by atoms with Gasteiger partial charge in [-0.3, -0.25) is 4.79 Å². The zero-order chi connectivity index (χ0) is 13.7. The molecule has 0 unspecified atom stereocenters. The van der Waals surface area contributed by atoms with Crippen molar-refractivity contribution in [1.29, 1.82) is 0 Å². The molecule has 0 saturated heterocycles. The average molecular weight is 277 g/mol. The van der Waals surface area contributed by atoms with E-state index in [0.29, 0.717) is 12.4 Å². The molecule has 2 rings (SSSR count). The molecule has 0 fully saturated rings. The minimum absolute atomic E-state index is 0.248. The van der Waals surface area contributed by atoms with Crippen molar-refractivity contribution in [3.8, 4) is 0 Å². The first kappa shape index (κ1) is 13.4. The van der Waals surface area contributed by atoms with Gasteiger partial charge in [-0.15, -0.1) is 11.3 Å². The monoisotopic (exact) mass is 277 g/mol. The summed E-state index contributed by atoms with van der Waals surface area (Å²) < 4.78 is 0. The van der Waals surface area contributed by atoms with Crippen molar-refractivity contribution in [3.63, 3.8) is 0 Å². The molecule has 0 atom stereocenters. The maximum Gasteiger partial charge on any atom is 0.271 e. The molecule has 0 aliphatic heterocycles. The first-order chi connectivity index (χ1) is 9.22. The van der Waals surface area contributed by atoms with Gasteiger partial charge in [0.1, 0.15) is 5.69 Å². The van der Waals surface area contributed by atoms with Crippen molar-refractivity contribution in [2.24, 2.45) is 5.84 Å². The van der Waals surface area contributed by atoms with Gasteiger partial charge in [-0.2, -0.15) is 0 Å². The maximum absolute atomic E-state index is 11.8. The van der Waals surface area contributed by atoms with Crippen LogP contribution in [0.1, 0.15) is 27.2 Å². The highest BCUT2D eigenvalue weighted by atomic mass is 32.1. The molecule has 19 heavy (non-hydrogen) atoms. The number of nitrogens with one attached hydrogen (secondary N) is 2. The third kappa shape index (κ3) is 3.49. The minimum Gasteiger partial charge on any atom is -0.346 e. The number of nitrogens with two attached hydrogens (primary N) is 1. The predicted octanol–water partition coefficient (Wildman–Crippen LogP) is 1.32. The van der Waals surface area contributed by atoms with Gasteiger partial charge in [-0.05, 0) is 18.6 Å². The molecule has 0 aromatic carbocycles. The molecule has 4 N–H and O–H groups in total. The summed E-state index contributed by atoms with van der Waals surface area (Å²) in [5, 5.41) is 2.81. The Morgan fingerprint density at radius 1 is 1.32 bits per heavy atom. The number of anilines is 1. The van der Waals surface area contributed by atoms with Gasteiger partial charge >= 0.3 is 0 Å². The first-order valence-corrected chi connectivity index (χ1v) is 6.69. The highest BCUT2D eigenvalue weighted by Gasteiger charge is 2.08. The summed E-state index contributed by atoms with van der Waals surface area (Å²) in [6.07, 6.45) is 3.81. The zero-order valence-electron chi connectivity index (χ0n) is 10.5. The second kappa shape index (κ2) is 6.26. The van der Waals surface area contributed by atoms with E-state index in [4.69, 9.17) is 5.84 Å². The lowest BCUT2D eigenvalue weighted by atomic mass is 10.3. The van der Waals surface area contributed by atoms with Crippen molar-refractivity contribution >= 4 is 23.1 Å². The van der Waals surface area contributed by atoms with E-state index in [1.807, 2.05) is 6.07 Å². The quantitative estimate of drug-likeness (QED) is 0.566. The summed E-state index contributed by atoms with van der Waals surface area (Å²) in [5.74, 6) is 5.35. The van der Waals surface area contributed by atoms with Crippen LogP contribution < -0.4 is 16.6 Å². The second-order valence-electron chi connectivity index (χ2n) is 3.84. The zero-order valence-corrected chi connectivity index (χ0v) is 11.3. The smallest absolute Gasteiger partial charge is 0.271 e. The van der Waals surface area contributed by atoms with Crippen LogP contribution in [0.15, 0.2) is 24.5 Å². The third-order valence-corrected chi connectivity index (χ3v) is 3.75. The summed E-state index contributed by atoms with van der Waals surface area (Å²) in [6.45, 7) is 2.61. The van der Waals surface area contributed by atoms with Gasteiger partial charge in [-0.25, -0.2) is 15.8 Å². The van der Waals surface area contributed by atoms with Crippen molar-refractivity contribution in [1.82, 2.24) is 15.3 Å². The Morgan fingerprint density at radius 3 is 2.68 bits per heavy atom. The molecule has 0 saturated carbocycles. The fourth-order valence-electron chi connectivity index (χ4n) is 1.49. The topological polar surface area (TPSA) is 92.9 Å². The molecule has 7 heteroatoms. The van der Waals surface area contributed by atoms with Gasteiger partial charge in [0, 0.05) is 9.75 Å². The lowest BCUT2D eigenvalue weighted by Crippen LogP contribution is -2.23. The molecular weight excluding hydrogens is 262 g/mol. The van der Waals surface area contributed by atoms with Crippen LogP contribution in [0.5, 0.6) is 0 Å². The standard InChI is InChI=1S/C12H15N5OS/c1-2-8-3-4-9(19-8)5-16-12(18)10-6-15-11(17-13)7-14-10/h3-4,6-7H,2,5,13H2,1H3,(H,15,17)(H,16,18). The van der Waals surface area contributed by atoms with Crippen molar-refractivity contribution in [2.75, 3.05) is 5.43 Å². The molecule has 2 aromatic heterocycles. The molecule has 0 aliphatic rings. The summed E-state index contributed by atoms with van der Waals surface area (Å²) in [6, 6.07) is 4.10. The van der Waals surface area contributed by atoms with Crippen LogP contribution >= 0.6 is 11.3 Å². The largest absolute Gasteiger partial charge is 0.346 e. The van der Waals surface area contributed by atoms with E-state index in [1.54, 1.807) is 11.3 Å². The Hall–Kier alpha value is -1.99. The summed E-state index contributed by atoms with van der Waals surface area (Å²) >= 11 is 1.70. The van der Waals surface area contributed by atoms with Gasteiger partial charge < -0.3 is 10.7 Å². The SMILES string of the molecule is CCc1ccc(CNC(=O)c2cnc(NN)cn2)s1. The maximum atomic E-state index is 11.8. The van der Waals surface area contributed by atoms with Crippen molar-refractivity contribution in [2.45, 2.75) is 19.9 Å². The highest BCUT2D eigenvalue weighted by Crippen LogP contribution is 2.16. The summed E-state index contributed by atoms with van der Waals surface area (Å²) in [5.41, 5.74) is 2.63. The fraction of sp³-hybridized carbons (Fsp3) is 0.250. The Labute approximate surface area is 115 Å². The number of carbonyl (C=O) groups is 1. The predicted molar refractivity (Wildman–Crippen MR) is 74.7 cm³/mol. The Kier molecular flexibility index (Phi) is 4.43. The van der Waals surface area contributed by atoms with Crippen LogP contribution in [0, 0.1) is 0 Å². The molecule has 0 aliphatic carbocycles. The minimum atomic E-state index is -0.248. The molecule has 100 valence electrons. The number of hydrogen-bond acceptors (Lipinski definition) is 6. The number of rotatable bonds is 5. The molecule has 1 amide bonds. The summed E-state index contributed by atoms with van der Waals surface area (Å²) in [7, 11) is 0. The van der Waals surface area contributed by atoms with Crippen LogP contribution in [0.25, 0.3) is 0 Å². The second-order valence-corrected chi connectivity index (χ2v) is 5.09. The van der Waals surface area contributed by atoms with E-state index in [9.17, 15) is 4.79 Å². The van der Waals surface area contributed by atoms with Crippen LogP contribution in [0.3, 0.4) is 0 Å². The van der Waals surface area contributed by atoms with Crippen LogP contribution in [0.4, 0.5) is 5.82 Å². The molecule has 2 heterocycles. The number of nitrogens with zero attached hydrogens (tertiary/aromatic N) is 2. The number of amides is 1. The summed E-state index contributed by atoms with van der Waals surface area (Å²) in [4.78, 5) is 22.2. The number of nitrogen functional groups attached to an aromatic ring is 1. The van der Waals surface area contributed by atoms with E-state index in [1.165, 1.54) is 17.3 Å². The lowest BCUT2D eigenvalue weighted by molar-refractivity contribution is 0.0946. The van der Waals surface area contributed by atoms with E-state index in [-0.39, 0.29) is 11.6 Å². The van der Waals surface area contributed by atoms with E-state index >= 15 is 0 Å². The van der Waals surface area contributed by atoms with Crippen LogP contribution in [-0.4, -0.2) is 15.9 Å². The van der Waals surface area contributed by atoms with E-state index < -0.39 is 0 Å². The van der Waals surface area contributed by atoms with Crippen LogP contribution in [0.2, 0.25) is 0 Å². The molecule has 6 nitrogen and oxygen atoms in total. The average Bonchev–Trinajstić information content (AvgIpc) is 2.93. The number of thiophene rings is 1. The number of aromatic nitrogens is 2. The van der Waals surface area contributed by atoms with Gasteiger partial charge in [0.05, 0.1) is 18.9 Å². The first-order valence-electron chi connectivity index (χ1n) is 5.87. The Bertz CT molecular complexity index is 552. The van der Waals surface area contributed by atoms with E-state index in [0.717, 1.165) is 11.3 Å². The molecule has 0 radical (unpaired) electrons. The van der Waals surface area contributed by atoms with Crippen molar-refractivity contribution in [3.05, 3.63) is 40.0 Å². The number of carbonyl (C=O) groups excluding carboxylic acids is 1.